The molecule has 1 aliphatic heterocycles. The van der Waals surface area contributed by atoms with Gasteiger partial charge in [-0.1, -0.05) is 18.2 Å². The Labute approximate surface area is 149 Å². The third-order valence-electron chi connectivity index (χ3n) is 3.86. The van der Waals surface area contributed by atoms with Gasteiger partial charge in [0.25, 0.3) is 0 Å². The van der Waals surface area contributed by atoms with Crippen LogP contribution in [0.1, 0.15) is 34.5 Å². The van der Waals surface area contributed by atoms with Crippen LogP contribution in [0.2, 0.25) is 0 Å². The third-order valence-corrected chi connectivity index (χ3v) is 5.77. The van der Waals surface area contributed by atoms with Crippen molar-refractivity contribution in [3.63, 3.8) is 0 Å². The van der Waals surface area contributed by atoms with Crippen molar-refractivity contribution >= 4 is 51.5 Å². The number of allylic oxidation sites excluding steroid dienone is 1. The molecule has 22 heavy (non-hydrogen) atoms. The number of nitrogens with zero attached hydrogens (tertiary/aromatic N) is 1. The number of piperidine rings is 1. The molecule has 2 nitrogen and oxygen atoms in total. The molecule has 1 saturated heterocycles. The molecule has 1 aromatic heterocycles. The predicted octanol–water partition coefficient (Wildman–Crippen LogP) is 5.24. The minimum Gasteiger partial charge on any atom is -0.372 e. The lowest BCUT2D eigenvalue weighted by Gasteiger charge is -2.28. The van der Waals surface area contributed by atoms with Gasteiger partial charge in [0, 0.05) is 18.8 Å². The molecule has 0 N–H and O–H groups in total. The van der Waals surface area contributed by atoms with Crippen molar-refractivity contribution in [1.82, 2.24) is 0 Å². The Morgan fingerprint density at radius 3 is 2.41 bits per heavy atom. The fourth-order valence-corrected chi connectivity index (χ4v) is 4.19. The topological polar surface area (TPSA) is 20.3 Å². The van der Waals surface area contributed by atoms with Crippen molar-refractivity contribution in [1.29, 1.82) is 0 Å². The maximum absolute atomic E-state index is 12.1. The van der Waals surface area contributed by atoms with Crippen molar-refractivity contribution in [2.75, 3.05) is 18.0 Å². The Hall–Kier alpha value is -1.14. The second kappa shape index (κ2) is 7.42. The van der Waals surface area contributed by atoms with Crippen LogP contribution in [0.25, 0.3) is 6.08 Å². The van der Waals surface area contributed by atoms with Gasteiger partial charge < -0.3 is 4.90 Å². The lowest BCUT2D eigenvalue weighted by molar-refractivity contribution is 0.105. The molecular weight excluding hydrogens is 405 g/mol. The number of halogens is 1. The maximum Gasteiger partial charge on any atom is 0.195 e. The Morgan fingerprint density at radius 1 is 1.05 bits per heavy atom. The van der Waals surface area contributed by atoms with E-state index in [4.69, 9.17) is 0 Å². The van der Waals surface area contributed by atoms with Crippen molar-refractivity contribution in [3.8, 4) is 0 Å². The van der Waals surface area contributed by atoms with Crippen LogP contribution in [0.3, 0.4) is 0 Å². The minimum absolute atomic E-state index is 0.0769. The molecular formula is C18H18INOS. The third kappa shape index (κ3) is 3.98. The molecule has 1 aromatic carbocycles. The van der Waals surface area contributed by atoms with Crippen LogP contribution in [-0.2, 0) is 0 Å². The number of carbonyl (C=O) groups excluding carboxylic acids is 1. The van der Waals surface area contributed by atoms with Gasteiger partial charge in [0.15, 0.2) is 5.78 Å². The normalized spacial score (nSPS) is 15.4. The molecule has 2 aromatic rings. The van der Waals surface area contributed by atoms with Crippen molar-refractivity contribution in [2.24, 2.45) is 0 Å². The van der Waals surface area contributed by atoms with E-state index in [0.29, 0.717) is 0 Å². The number of anilines is 1. The molecule has 0 saturated carbocycles. The first kappa shape index (κ1) is 15.7. The van der Waals surface area contributed by atoms with Gasteiger partial charge in [-0.2, -0.15) is 0 Å². The number of benzene rings is 1. The number of rotatable bonds is 4. The van der Waals surface area contributed by atoms with Gasteiger partial charge in [-0.25, -0.2) is 0 Å². The van der Waals surface area contributed by atoms with Crippen LogP contribution >= 0.6 is 33.9 Å². The Morgan fingerprint density at radius 2 is 1.77 bits per heavy atom. The van der Waals surface area contributed by atoms with E-state index >= 15 is 0 Å². The lowest BCUT2D eigenvalue weighted by Crippen LogP contribution is -2.29. The molecule has 1 fully saturated rings. The summed E-state index contributed by atoms with van der Waals surface area (Å²) in [6, 6.07) is 12.4. The summed E-state index contributed by atoms with van der Waals surface area (Å²) in [5.74, 6) is 0.0769. The molecule has 0 spiro atoms. The van der Waals surface area contributed by atoms with Crippen LogP contribution in [0.4, 0.5) is 5.69 Å². The number of carbonyl (C=O) groups is 1. The Bertz CT molecular complexity index is 669. The quantitative estimate of drug-likeness (QED) is 0.381. The zero-order valence-corrected chi connectivity index (χ0v) is 15.3. The van der Waals surface area contributed by atoms with E-state index in [1.54, 1.807) is 6.08 Å². The van der Waals surface area contributed by atoms with Gasteiger partial charge in [-0.15, -0.1) is 11.3 Å². The summed E-state index contributed by atoms with van der Waals surface area (Å²) in [5.41, 5.74) is 2.36. The predicted molar refractivity (Wildman–Crippen MR) is 103 cm³/mol. The highest BCUT2D eigenvalue weighted by atomic mass is 127. The molecule has 0 radical (unpaired) electrons. The molecule has 4 heteroatoms. The molecule has 0 aliphatic carbocycles. The molecule has 0 unspecified atom stereocenters. The molecule has 114 valence electrons. The summed E-state index contributed by atoms with van der Waals surface area (Å²) in [7, 11) is 0. The fraction of sp³-hybridized carbons (Fsp3) is 0.278. The van der Waals surface area contributed by atoms with E-state index in [1.807, 2.05) is 18.2 Å². The SMILES string of the molecule is O=C(/C=C/c1ccc(N2CCCCC2)cc1)c1ccc(I)s1. The smallest absolute Gasteiger partial charge is 0.195 e. The first-order chi connectivity index (χ1) is 10.7. The number of ketones is 1. The number of hydrogen-bond acceptors (Lipinski definition) is 3. The molecule has 0 bridgehead atoms. The molecule has 1 aliphatic rings. The average molecular weight is 423 g/mol. The van der Waals surface area contributed by atoms with E-state index in [0.717, 1.165) is 26.4 Å². The van der Waals surface area contributed by atoms with Crippen LogP contribution in [0.15, 0.2) is 42.5 Å². The number of hydrogen-bond donors (Lipinski definition) is 0. The van der Waals surface area contributed by atoms with E-state index in [1.165, 1.54) is 36.3 Å². The van der Waals surface area contributed by atoms with Gasteiger partial charge >= 0.3 is 0 Å². The summed E-state index contributed by atoms with van der Waals surface area (Å²) >= 11 is 3.77. The second-order valence-corrected chi connectivity index (χ2v) is 8.42. The fourth-order valence-electron chi connectivity index (χ4n) is 2.65. The largest absolute Gasteiger partial charge is 0.372 e. The standard InChI is InChI=1S/C18H18INOS/c19-18-11-10-17(22-18)16(21)9-6-14-4-7-15(8-5-14)20-12-2-1-3-13-20/h4-11H,1-3,12-13H2/b9-6+. The van der Waals surface area contributed by atoms with Crippen molar-refractivity contribution in [2.45, 2.75) is 19.3 Å². The summed E-state index contributed by atoms with van der Waals surface area (Å²) in [4.78, 5) is 15.3. The van der Waals surface area contributed by atoms with Crippen LogP contribution in [0.5, 0.6) is 0 Å². The maximum atomic E-state index is 12.1. The van der Waals surface area contributed by atoms with Crippen LogP contribution in [-0.4, -0.2) is 18.9 Å². The first-order valence-electron chi connectivity index (χ1n) is 7.55. The highest BCUT2D eigenvalue weighted by molar-refractivity contribution is 14.1. The first-order valence-corrected chi connectivity index (χ1v) is 9.45. The second-order valence-electron chi connectivity index (χ2n) is 5.44. The zero-order chi connectivity index (χ0) is 15.4. The average Bonchev–Trinajstić information content (AvgIpc) is 3.00. The van der Waals surface area contributed by atoms with Crippen molar-refractivity contribution < 1.29 is 4.79 Å². The summed E-state index contributed by atoms with van der Waals surface area (Å²) in [6.45, 7) is 2.31. The Balaban J connectivity index is 1.65. The van der Waals surface area contributed by atoms with Crippen molar-refractivity contribution in [3.05, 3.63) is 55.8 Å². The lowest BCUT2D eigenvalue weighted by atomic mass is 10.1. The summed E-state index contributed by atoms with van der Waals surface area (Å²) in [6.07, 6.45) is 7.49. The Kier molecular flexibility index (Phi) is 5.31. The van der Waals surface area contributed by atoms with Gasteiger partial charge in [0.2, 0.25) is 0 Å². The van der Waals surface area contributed by atoms with E-state index in [9.17, 15) is 4.79 Å². The highest BCUT2D eigenvalue weighted by Gasteiger charge is 2.10. The molecule has 0 amide bonds. The zero-order valence-electron chi connectivity index (χ0n) is 12.3. The minimum atomic E-state index is 0.0769. The van der Waals surface area contributed by atoms with Gasteiger partial charge in [-0.3, -0.25) is 4.79 Å². The molecule has 3 rings (SSSR count). The van der Waals surface area contributed by atoms with Crippen LogP contribution < -0.4 is 4.90 Å². The highest BCUT2D eigenvalue weighted by Crippen LogP contribution is 2.21. The van der Waals surface area contributed by atoms with Gasteiger partial charge in [0.1, 0.15) is 0 Å². The molecule has 2 heterocycles. The summed E-state index contributed by atoms with van der Waals surface area (Å²) < 4.78 is 1.14. The van der Waals surface area contributed by atoms with Gasteiger partial charge in [-0.05, 0) is 77.8 Å². The van der Waals surface area contributed by atoms with E-state index in [-0.39, 0.29) is 5.78 Å². The monoisotopic (exact) mass is 423 g/mol. The molecule has 0 atom stereocenters. The van der Waals surface area contributed by atoms with Gasteiger partial charge in [0.05, 0.1) is 7.76 Å². The van der Waals surface area contributed by atoms with E-state index < -0.39 is 0 Å². The number of thiophene rings is 1. The van der Waals surface area contributed by atoms with Crippen LogP contribution in [0, 0.1) is 2.88 Å². The summed E-state index contributed by atoms with van der Waals surface area (Å²) in [5, 5.41) is 0. The van der Waals surface area contributed by atoms with E-state index in [2.05, 4.69) is 51.8 Å².